The van der Waals surface area contributed by atoms with Crippen molar-refractivity contribution in [1.29, 1.82) is 5.26 Å². The summed E-state index contributed by atoms with van der Waals surface area (Å²) in [4.78, 5) is 22.5. The first kappa shape index (κ1) is 19.1. The van der Waals surface area contributed by atoms with Crippen molar-refractivity contribution in [3.63, 3.8) is 0 Å². The van der Waals surface area contributed by atoms with Gasteiger partial charge in [-0.1, -0.05) is 12.5 Å². The highest BCUT2D eigenvalue weighted by molar-refractivity contribution is 5.97. The molecule has 3 N–H and O–H groups in total. The SMILES string of the molecule is N#C/C(=C/NCCCCCC(=O)O)C(=O)NCc1ccc2c(c1)OCO2. The van der Waals surface area contributed by atoms with Gasteiger partial charge in [-0.25, -0.2) is 0 Å². The van der Waals surface area contributed by atoms with E-state index in [4.69, 9.17) is 19.8 Å². The average molecular weight is 359 g/mol. The number of hydrogen-bond acceptors (Lipinski definition) is 6. The number of nitriles is 1. The summed E-state index contributed by atoms with van der Waals surface area (Å²) in [7, 11) is 0. The Morgan fingerprint density at radius 2 is 2.04 bits per heavy atom. The molecule has 0 bridgehead atoms. The monoisotopic (exact) mass is 359 g/mol. The maximum atomic E-state index is 12.1. The van der Waals surface area contributed by atoms with Crippen molar-refractivity contribution in [3.8, 4) is 17.6 Å². The first-order valence-electron chi connectivity index (χ1n) is 8.32. The fourth-order valence-electron chi connectivity index (χ4n) is 2.33. The molecule has 1 aromatic rings. The average Bonchev–Trinajstić information content (AvgIpc) is 3.09. The summed E-state index contributed by atoms with van der Waals surface area (Å²) in [6.07, 6.45) is 3.68. The summed E-state index contributed by atoms with van der Waals surface area (Å²) in [5.41, 5.74) is 0.822. The number of amides is 1. The molecule has 8 heteroatoms. The normalized spacial score (nSPS) is 12.3. The second kappa shape index (κ2) is 9.93. The molecule has 1 aliphatic heterocycles. The quantitative estimate of drug-likeness (QED) is 0.330. The molecule has 138 valence electrons. The van der Waals surface area contributed by atoms with Crippen molar-refractivity contribution < 1.29 is 24.2 Å². The van der Waals surface area contributed by atoms with Gasteiger partial charge in [-0.3, -0.25) is 9.59 Å². The number of aliphatic carboxylic acids is 1. The van der Waals surface area contributed by atoms with E-state index in [1.54, 1.807) is 12.1 Å². The fraction of sp³-hybridized carbons (Fsp3) is 0.389. The minimum Gasteiger partial charge on any atom is -0.481 e. The van der Waals surface area contributed by atoms with Crippen LogP contribution >= 0.6 is 0 Å². The predicted molar refractivity (Wildman–Crippen MR) is 92.2 cm³/mol. The van der Waals surface area contributed by atoms with Gasteiger partial charge in [0.2, 0.25) is 6.79 Å². The summed E-state index contributed by atoms with van der Waals surface area (Å²) in [6.45, 7) is 1.03. The highest BCUT2D eigenvalue weighted by Gasteiger charge is 2.14. The Labute approximate surface area is 151 Å². The molecule has 1 amide bonds. The number of benzene rings is 1. The number of carbonyl (C=O) groups is 2. The van der Waals surface area contributed by atoms with Crippen LogP contribution in [0, 0.1) is 11.3 Å². The number of hydrogen-bond donors (Lipinski definition) is 3. The van der Waals surface area contributed by atoms with Crippen molar-refractivity contribution in [1.82, 2.24) is 10.6 Å². The summed E-state index contributed by atoms with van der Waals surface area (Å²) >= 11 is 0. The maximum Gasteiger partial charge on any atom is 0.303 e. The first-order valence-corrected chi connectivity index (χ1v) is 8.32. The third kappa shape index (κ3) is 6.02. The molecule has 2 rings (SSSR count). The molecule has 0 saturated carbocycles. The van der Waals surface area contributed by atoms with Crippen LogP contribution < -0.4 is 20.1 Å². The molecular formula is C18H21N3O5. The van der Waals surface area contributed by atoms with Gasteiger partial charge in [0, 0.05) is 25.7 Å². The Morgan fingerprint density at radius 1 is 1.23 bits per heavy atom. The van der Waals surface area contributed by atoms with Crippen LogP contribution in [0.2, 0.25) is 0 Å². The number of nitrogens with zero attached hydrogens (tertiary/aromatic N) is 1. The zero-order valence-electron chi connectivity index (χ0n) is 14.3. The molecule has 0 radical (unpaired) electrons. The van der Waals surface area contributed by atoms with Gasteiger partial charge in [0.15, 0.2) is 11.5 Å². The van der Waals surface area contributed by atoms with Gasteiger partial charge in [-0.15, -0.1) is 0 Å². The lowest BCUT2D eigenvalue weighted by molar-refractivity contribution is -0.137. The van der Waals surface area contributed by atoms with Gasteiger partial charge in [0.05, 0.1) is 0 Å². The van der Waals surface area contributed by atoms with Gasteiger partial charge >= 0.3 is 5.97 Å². The van der Waals surface area contributed by atoms with E-state index in [0.29, 0.717) is 24.5 Å². The molecule has 0 atom stereocenters. The Balaban J connectivity index is 1.72. The number of ether oxygens (including phenoxy) is 2. The van der Waals surface area contributed by atoms with Crippen LogP contribution in [0.25, 0.3) is 0 Å². The lowest BCUT2D eigenvalue weighted by atomic mass is 10.2. The maximum absolute atomic E-state index is 12.1. The highest BCUT2D eigenvalue weighted by atomic mass is 16.7. The number of carboxylic acid groups (broad SMARTS) is 1. The van der Waals surface area contributed by atoms with Crippen LogP contribution in [-0.2, 0) is 16.1 Å². The molecule has 0 unspecified atom stereocenters. The smallest absolute Gasteiger partial charge is 0.303 e. The van der Waals surface area contributed by atoms with Crippen molar-refractivity contribution in [3.05, 3.63) is 35.5 Å². The van der Waals surface area contributed by atoms with Crippen molar-refractivity contribution in [2.75, 3.05) is 13.3 Å². The van der Waals surface area contributed by atoms with Crippen LogP contribution in [0.15, 0.2) is 30.0 Å². The lowest BCUT2D eigenvalue weighted by Gasteiger charge is -2.06. The zero-order chi connectivity index (χ0) is 18.8. The second-order valence-corrected chi connectivity index (χ2v) is 5.70. The van der Waals surface area contributed by atoms with Gasteiger partial charge in [-0.2, -0.15) is 5.26 Å². The van der Waals surface area contributed by atoms with Crippen LogP contribution in [0.1, 0.15) is 31.2 Å². The third-order valence-corrected chi connectivity index (χ3v) is 3.71. The molecule has 0 spiro atoms. The summed E-state index contributed by atoms with van der Waals surface area (Å²) in [5, 5.41) is 23.2. The number of rotatable bonds is 10. The zero-order valence-corrected chi connectivity index (χ0v) is 14.3. The molecule has 0 saturated heterocycles. The van der Waals surface area contributed by atoms with E-state index in [1.165, 1.54) is 6.20 Å². The molecule has 1 aromatic carbocycles. The van der Waals surface area contributed by atoms with Crippen LogP contribution in [0.3, 0.4) is 0 Å². The van der Waals surface area contributed by atoms with E-state index in [1.807, 2.05) is 12.1 Å². The van der Waals surface area contributed by atoms with E-state index in [9.17, 15) is 9.59 Å². The highest BCUT2D eigenvalue weighted by Crippen LogP contribution is 2.32. The minimum absolute atomic E-state index is 0.0173. The Kier molecular flexibility index (Phi) is 7.31. The number of unbranched alkanes of at least 4 members (excludes halogenated alkanes) is 2. The molecular weight excluding hydrogens is 338 g/mol. The van der Waals surface area contributed by atoms with Crippen molar-refractivity contribution in [2.24, 2.45) is 0 Å². The molecule has 8 nitrogen and oxygen atoms in total. The summed E-state index contributed by atoms with van der Waals surface area (Å²) in [6, 6.07) is 7.24. The van der Waals surface area contributed by atoms with Crippen LogP contribution in [0.5, 0.6) is 11.5 Å². The first-order chi connectivity index (χ1) is 12.6. The molecule has 26 heavy (non-hydrogen) atoms. The predicted octanol–water partition coefficient (Wildman–Crippen LogP) is 1.67. The number of fused-ring (bicyclic) bond motifs is 1. The lowest BCUT2D eigenvalue weighted by Crippen LogP contribution is -2.25. The topological polar surface area (TPSA) is 121 Å². The van der Waals surface area contributed by atoms with Gasteiger partial charge < -0.3 is 25.2 Å². The number of nitrogens with one attached hydrogen (secondary N) is 2. The molecule has 1 aliphatic rings. The Hall–Kier alpha value is -3.21. The Morgan fingerprint density at radius 3 is 2.81 bits per heavy atom. The van der Waals surface area contributed by atoms with Gasteiger partial charge in [0.1, 0.15) is 11.6 Å². The third-order valence-electron chi connectivity index (χ3n) is 3.71. The number of carbonyl (C=O) groups excluding carboxylic acids is 1. The second-order valence-electron chi connectivity index (χ2n) is 5.70. The summed E-state index contributed by atoms with van der Waals surface area (Å²) in [5.74, 6) is 0.0369. The van der Waals surface area contributed by atoms with Crippen molar-refractivity contribution in [2.45, 2.75) is 32.2 Å². The molecule has 0 aromatic heterocycles. The summed E-state index contributed by atoms with van der Waals surface area (Å²) < 4.78 is 10.5. The van der Waals surface area contributed by atoms with E-state index < -0.39 is 11.9 Å². The van der Waals surface area contributed by atoms with Gasteiger partial charge in [-0.05, 0) is 30.5 Å². The van der Waals surface area contributed by atoms with E-state index in [-0.39, 0.29) is 25.3 Å². The van der Waals surface area contributed by atoms with Crippen LogP contribution in [0.4, 0.5) is 0 Å². The largest absolute Gasteiger partial charge is 0.481 e. The van der Waals surface area contributed by atoms with Crippen LogP contribution in [-0.4, -0.2) is 30.3 Å². The number of carboxylic acids is 1. The molecule has 0 fully saturated rings. The Bertz CT molecular complexity index is 724. The minimum atomic E-state index is -0.802. The van der Waals surface area contributed by atoms with Crippen molar-refractivity contribution >= 4 is 11.9 Å². The standard InChI is InChI=1S/C18H21N3O5/c19-9-14(11-20-7-3-1-2-4-17(22)23)18(24)21-10-13-5-6-15-16(8-13)26-12-25-15/h5-6,8,11,20H,1-4,7,10,12H2,(H,21,24)(H,22,23)/b14-11-. The van der Waals surface area contributed by atoms with E-state index in [2.05, 4.69) is 10.6 Å². The van der Waals surface area contributed by atoms with E-state index >= 15 is 0 Å². The fourth-order valence-corrected chi connectivity index (χ4v) is 2.33. The van der Waals surface area contributed by atoms with E-state index in [0.717, 1.165) is 18.4 Å². The van der Waals surface area contributed by atoms with Gasteiger partial charge in [0.25, 0.3) is 5.91 Å². The molecule has 1 heterocycles. The molecule has 0 aliphatic carbocycles.